The van der Waals surface area contributed by atoms with Gasteiger partial charge < -0.3 is 10.8 Å². The Balaban J connectivity index is 1.61. The van der Waals surface area contributed by atoms with E-state index in [-0.39, 0.29) is 11.8 Å². The summed E-state index contributed by atoms with van der Waals surface area (Å²) < 4.78 is 1.71. The Hall–Kier alpha value is -2.48. The van der Waals surface area contributed by atoms with Crippen molar-refractivity contribution in [3.63, 3.8) is 0 Å². The fourth-order valence-electron chi connectivity index (χ4n) is 2.55. The molecule has 1 atom stereocenters. The van der Waals surface area contributed by atoms with E-state index in [1.165, 1.54) is 11.3 Å². The number of fused-ring (bicyclic) bond motifs is 1. The largest absolute Gasteiger partial charge is 0.508 e. The number of aromatic hydroxyl groups is 1. The molecule has 0 aliphatic heterocycles. The molecular weight excluding hydrogens is 358 g/mol. The van der Waals surface area contributed by atoms with Crippen LogP contribution >= 0.6 is 22.9 Å². The summed E-state index contributed by atoms with van der Waals surface area (Å²) >= 11 is 7.38. The summed E-state index contributed by atoms with van der Waals surface area (Å²) in [6.07, 6.45) is 0.602. The number of phenols is 1. The van der Waals surface area contributed by atoms with Crippen molar-refractivity contribution in [1.29, 1.82) is 0 Å². The molecule has 0 spiro atoms. The highest BCUT2D eigenvalue weighted by molar-refractivity contribution is 7.16. The highest BCUT2D eigenvalue weighted by atomic mass is 35.5. The van der Waals surface area contributed by atoms with E-state index in [0.717, 1.165) is 16.1 Å². The molecule has 126 valence electrons. The first-order valence-corrected chi connectivity index (χ1v) is 8.81. The van der Waals surface area contributed by atoms with Crippen molar-refractivity contribution in [3.8, 4) is 17.1 Å². The summed E-state index contributed by atoms with van der Waals surface area (Å²) in [7, 11) is 0. The second-order valence-electron chi connectivity index (χ2n) is 5.62. The van der Waals surface area contributed by atoms with Crippen LogP contribution in [-0.4, -0.2) is 24.9 Å². The number of benzene rings is 2. The number of rotatable bonds is 4. The molecule has 1 unspecified atom stereocenters. The highest BCUT2D eigenvalue weighted by Gasteiger charge is 2.16. The smallest absolute Gasteiger partial charge is 0.234 e. The Labute approximate surface area is 152 Å². The molecule has 0 fully saturated rings. The molecule has 0 aliphatic carbocycles. The fourth-order valence-corrected chi connectivity index (χ4v) is 3.56. The van der Waals surface area contributed by atoms with Crippen molar-refractivity contribution in [2.45, 2.75) is 12.5 Å². The molecule has 25 heavy (non-hydrogen) atoms. The number of hydrogen-bond acceptors (Lipinski definition) is 6. The molecule has 2 aromatic carbocycles. The molecule has 8 heteroatoms. The molecule has 0 saturated heterocycles. The fraction of sp³-hybridized carbons (Fsp3) is 0.118. The predicted molar refractivity (Wildman–Crippen MR) is 97.8 cm³/mol. The zero-order valence-electron chi connectivity index (χ0n) is 13.0. The summed E-state index contributed by atoms with van der Waals surface area (Å²) in [4.78, 5) is 0.710. The second-order valence-corrected chi connectivity index (χ2v) is 7.10. The summed E-state index contributed by atoms with van der Waals surface area (Å²) in [6, 6.07) is 14.1. The van der Waals surface area contributed by atoms with Gasteiger partial charge in [-0.3, -0.25) is 0 Å². The van der Waals surface area contributed by atoms with E-state index < -0.39 is 0 Å². The summed E-state index contributed by atoms with van der Waals surface area (Å²) in [5, 5.41) is 23.9. The maximum Gasteiger partial charge on any atom is 0.234 e. The van der Waals surface area contributed by atoms with E-state index in [2.05, 4.69) is 15.3 Å². The third kappa shape index (κ3) is 3.21. The van der Waals surface area contributed by atoms with Crippen molar-refractivity contribution in [2.75, 3.05) is 0 Å². The summed E-state index contributed by atoms with van der Waals surface area (Å²) in [6.45, 7) is 0. The Morgan fingerprint density at radius 2 is 1.80 bits per heavy atom. The van der Waals surface area contributed by atoms with Crippen molar-refractivity contribution in [3.05, 3.63) is 64.1 Å². The number of nitrogens with zero attached hydrogens (tertiary/aromatic N) is 4. The molecule has 0 aliphatic rings. The van der Waals surface area contributed by atoms with E-state index in [9.17, 15) is 5.11 Å². The van der Waals surface area contributed by atoms with Gasteiger partial charge in [-0.05, 0) is 42.0 Å². The molecular formula is C17H14ClN5OS. The van der Waals surface area contributed by atoms with Gasteiger partial charge in [0.05, 0.1) is 0 Å². The third-order valence-electron chi connectivity index (χ3n) is 3.85. The zero-order valence-corrected chi connectivity index (χ0v) is 14.6. The van der Waals surface area contributed by atoms with E-state index in [1.807, 2.05) is 24.3 Å². The summed E-state index contributed by atoms with van der Waals surface area (Å²) in [5.41, 5.74) is 8.13. The lowest BCUT2D eigenvalue weighted by Gasteiger charge is -2.09. The van der Waals surface area contributed by atoms with Crippen LogP contribution in [0.1, 0.15) is 16.6 Å². The Morgan fingerprint density at radius 1 is 1.08 bits per heavy atom. The molecule has 0 saturated carbocycles. The number of nitrogens with two attached hydrogens (primary N) is 1. The van der Waals surface area contributed by atoms with Gasteiger partial charge in [0.2, 0.25) is 4.96 Å². The first kappa shape index (κ1) is 16.0. The Morgan fingerprint density at radius 3 is 2.52 bits per heavy atom. The van der Waals surface area contributed by atoms with Crippen LogP contribution in [0.25, 0.3) is 16.3 Å². The molecule has 6 nitrogen and oxygen atoms in total. The van der Waals surface area contributed by atoms with Crippen LogP contribution in [0.15, 0.2) is 48.5 Å². The minimum Gasteiger partial charge on any atom is -0.508 e. The van der Waals surface area contributed by atoms with Gasteiger partial charge >= 0.3 is 0 Å². The van der Waals surface area contributed by atoms with Gasteiger partial charge in [-0.2, -0.15) is 9.61 Å². The first-order chi connectivity index (χ1) is 12.1. The number of aromatic nitrogens is 4. The zero-order chi connectivity index (χ0) is 17.4. The lowest BCUT2D eigenvalue weighted by atomic mass is 10.1. The Bertz CT molecular complexity index is 1010. The van der Waals surface area contributed by atoms with Crippen LogP contribution in [0.4, 0.5) is 0 Å². The van der Waals surface area contributed by atoms with Crippen LogP contribution in [0.5, 0.6) is 5.75 Å². The van der Waals surface area contributed by atoms with Gasteiger partial charge in [-0.25, -0.2) is 0 Å². The van der Waals surface area contributed by atoms with Gasteiger partial charge in [0.15, 0.2) is 5.82 Å². The normalized spacial score (nSPS) is 12.6. The van der Waals surface area contributed by atoms with Crippen molar-refractivity contribution < 1.29 is 5.11 Å². The third-order valence-corrected chi connectivity index (χ3v) is 5.02. The number of halogens is 1. The lowest BCUT2D eigenvalue weighted by molar-refractivity contribution is 0.475. The van der Waals surface area contributed by atoms with Gasteiger partial charge in [0.25, 0.3) is 0 Å². The summed E-state index contributed by atoms with van der Waals surface area (Å²) in [5.74, 6) is 0.843. The van der Waals surface area contributed by atoms with Crippen LogP contribution in [-0.2, 0) is 6.42 Å². The molecule has 2 heterocycles. The predicted octanol–water partition coefficient (Wildman–Crippen LogP) is 3.45. The van der Waals surface area contributed by atoms with Crippen LogP contribution in [0.2, 0.25) is 5.02 Å². The van der Waals surface area contributed by atoms with Crippen LogP contribution in [0, 0.1) is 0 Å². The molecule has 3 N–H and O–H groups in total. The average Bonchev–Trinajstić information content (AvgIpc) is 3.16. The first-order valence-electron chi connectivity index (χ1n) is 7.62. The van der Waals surface area contributed by atoms with Gasteiger partial charge in [0, 0.05) is 23.0 Å². The molecule has 4 aromatic rings. The topological polar surface area (TPSA) is 89.3 Å². The number of hydrogen-bond donors (Lipinski definition) is 2. The van der Waals surface area contributed by atoms with Crippen LogP contribution in [0.3, 0.4) is 0 Å². The maximum atomic E-state index is 9.42. The Kier molecular flexibility index (Phi) is 4.12. The molecule has 4 rings (SSSR count). The van der Waals surface area contributed by atoms with Crippen molar-refractivity contribution in [2.24, 2.45) is 5.73 Å². The standard InChI is InChI=1S/C17H14ClN5OS/c18-12-5-1-10(2-6-12)14(19)9-15-22-23-16(20-21-17(23)25-15)11-3-7-13(24)8-4-11/h1-8,14,24H,9,19H2. The van der Waals surface area contributed by atoms with Gasteiger partial charge in [0.1, 0.15) is 10.8 Å². The minimum absolute atomic E-state index is 0.168. The number of phenolic OH excluding ortho intramolecular Hbond substituents is 1. The highest BCUT2D eigenvalue weighted by Crippen LogP contribution is 2.25. The van der Waals surface area contributed by atoms with E-state index in [0.29, 0.717) is 22.2 Å². The SMILES string of the molecule is NC(Cc1nn2c(-c3ccc(O)cc3)nnc2s1)c1ccc(Cl)cc1. The van der Waals surface area contributed by atoms with Crippen molar-refractivity contribution >= 4 is 27.9 Å². The van der Waals surface area contributed by atoms with E-state index in [1.54, 1.807) is 28.8 Å². The van der Waals surface area contributed by atoms with E-state index >= 15 is 0 Å². The second kappa shape index (κ2) is 6.44. The minimum atomic E-state index is -0.168. The lowest BCUT2D eigenvalue weighted by Crippen LogP contribution is -2.13. The van der Waals surface area contributed by atoms with Gasteiger partial charge in [-0.1, -0.05) is 35.1 Å². The van der Waals surface area contributed by atoms with Crippen LogP contribution < -0.4 is 5.73 Å². The van der Waals surface area contributed by atoms with Gasteiger partial charge in [-0.15, -0.1) is 10.2 Å². The monoisotopic (exact) mass is 371 g/mol. The average molecular weight is 372 g/mol. The van der Waals surface area contributed by atoms with E-state index in [4.69, 9.17) is 17.3 Å². The molecule has 2 aromatic heterocycles. The molecule has 0 amide bonds. The molecule has 0 radical (unpaired) electrons. The van der Waals surface area contributed by atoms with Crippen molar-refractivity contribution in [1.82, 2.24) is 19.8 Å². The molecule has 0 bridgehead atoms. The quantitative estimate of drug-likeness (QED) is 0.573. The maximum absolute atomic E-state index is 9.42.